The molecule has 0 aliphatic carbocycles. The van der Waals surface area contributed by atoms with E-state index in [1.165, 1.54) is 11.3 Å². The van der Waals surface area contributed by atoms with Crippen molar-refractivity contribution in [2.24, 2.45) is 0 Å². The van der Waals surface area contributed by atoms with E-state index in [-0.39, 0.29) is 17.6 Å². The molecule has 10 heteroatoms. The maximum Gasteiger partial charge on any atom is 0.260 e. The highest BCUT2D eigenvalue weighted by Gasteiger charge is 2.22. The van der Waals surface area contributed by atoms with Crippen molar-refractivity contribution in [2.45, 2.75) is 25.5 Å². The molecule has 5 rings (SSSR count). The van der Waals surface area contributed by atoms with Crippen molar-refractivity contribution in [2.75, 3.05) is 45.9 Å². The molecule has 0 aromatic carbocycles. The number of rotatable bonds is 7. The lowest BCUT2D eigenvalue weighted by Gasteiger charge is -2.33. The smallest absolute Gasteiger partial charge is 0.260 e. The number of thiophene rings is 2. The fraction of sp³-hybridized carbons (Fsp3) is 0.500. The fourth-order valence-electron chi connectivity index (χ4n) is 4.29. The fourth-order valence-corrected chi connectivity index (χ4v) is 6.07. The van der Waals surface area contributed by atoms with Crippen molar-refractivity contribution in [1.82, 2.24) is 25.1 Å². The lowest BCUT2D eigenvalue weighted by atomic mass is 10.2. The van der Waals surface area contributed by atoms with Gasteiger partial charge >= 0.3 is 0 Å². The molecule has 2 aliphatic rings. The highest BCUT2D eigenvalue weighted by Crippen LogP contribution is 2.33. The summed E-state index contributed by atoms with van der Waals surface area (Å²) in [6.07, 6.45) is 2.28. The summed E-state index contributed by atoms with van der Waals surface area (Å²) in [5.74, 6) is 0.759. The Morgan fingerprint density at radius 2 is 2.09 bits per heavy atom. The number of carbonyl (C=O) groups excluding carboxylic acids is 1. The molecule has 0 bridgehead atoms. The zero-order chi connectivity index (χ0) is 21.9. The van der Waals surface area contributed by atoms with Gasteiger partial charge in [-0.2, -0.15) is 0 Å². The van der Waals surface area contributed by atoms with Gasteiger partial charge < -0.3 is 15.0 Å². The quantitative estimate of drug-likeness (QED) is 0.546. The van der Waals surface area contributed by atoms with Gasteiger partial charge in [0.25, 0.3) is 5.56 Å². The van der Waals surface area contributed by atoms with Gasteiger partial charge in [-0.05, 0) is 24.3 Å². The van der Waals surface area contributed by atoms with Crippen LogP contribution < -0.4 is 10.9 Å². The Kier molecular flexibility index (Phi) is 6.65. The van der Waals surface area contributed by atoms with Gasteiger partial charge in [-0.15, -0.1) is 22.7 Å². The van der Waals surface area contributed by atoms with Crippen LogP contribution in [0, 0.1) is 0 Å². The molecule has 0 radical (unpaired) electrons. The van der Waals surface area contributed by atoms with Gasteiger partial charge in [0, 0.05) is 55.2 Å². The molecule has 0 spiro atoms. The second-order valence-electron chi connectivity index (χ2n) is 8.31. The number of ether oxygens (including phenoxy) is 1. The molecular formula is C22H27N5O3S2. The predicted molar refractivity (Wildman–Crippen MR) is 127 cm³/mol. The van der Waals surface area contributed by atoms with Crippen LogP contribution in [0.2, 0.25) is 0 Å². The summed E-state index contributed by atoms with van der Waals surface area (Å²) in [5, 5.41) is 7.71. The van der Waals surface area contributed by atoms with E-state index in [4.69, 9.17) is 9.72 Å². The molecule has 5 heterocycles. The number of nitrogens with one attached hydrogen (secondary N) is 2. The number of hydrogen-bond donors (Lipinski definition) is 2. The molecule has 8 nitrogen and oxygen atoms in total. The van der Waals surface area contributed by atoms with E-state index in [9.17, 15) is 9.59 Å². The third-order valence-electron chi connectivity index (χ3n) is 6.04. The summed E-state index contributed by atoms with van der Waals surface area (Å²) in [6, 6.07) is 4.02. The largest absolute Gasteiger partial charge is 0.376 e. The van der Waals surface area contributed by atoms with Crippen molar-refractivity contribution in [1.29, 1.82) is 0 Å². The van der Waals surface area contributed by atoms with Crippen LogP contribution in [0.15, 0.2) is 27.7 Å². The standard InChI is InChI=1S/C22H27N5O3S2/c28-19(23-11-15-3-1-9-30-15)13-27-7-5-26(6-8-27)12-18-24-21(29)20-16(14-32-22(20)25-18)17-4-2-10-31-17/h2,4,10,14-15H,1,3,5-9,11-13H2,(H,23,28)(H,24,25,29)/t15-/m1/s1. The normalized spacial score (nSPS) is 20.2. The minimum absolute atomic E-state index is 0.0599. The Morgan fingerprint density at radius 1 is 1.25 bits per heavy atom. The molecule has 0 saturated carbocycles. The number of amides is 1. The van der Waals surface area contributed by atoms with Crippen molar-refractivity contribution in [3.63, 3.8) is 0 Å². The molecule has 1 atom stereocenters. The number of carbonyl (C=O) groups is 1. The lowest BCUT2D eigenvalue weighted by molar-refractivity contribution is -0.123. The summed E-state index contributed by atoms with van der Waals surface area (Å²) in [4.78, 5) is 39.0. The van der Waals surface area contributed by atoms with E-state index in [0.29, 0.717) is 30.8 Å². The summed E-state index contributed by atoms with van der Waals surface area (Å²) < 4.78 is 5.55. The molecule has 2 fully saturated rings. The van der Waals surface area contributed by atoms with Gasteiger partial charge in [0.05, 0.1) is 24.6 Å². The van der Waals surface area contributed by atoms with E-state index < -0.39 is 0 Å². The van der Waals surface area contributed by atoms with Crippen LogP contribution in [0.1, 0.15) is 18.7 Å². The number of aromatic nitrogens is 2. The number of hydrogen-bond acceptors (Lipinski definition) is 8. The number of H-pyrrole nitrogens is 1. The minimum atomic E-state index is -0.0730. The second-order valence-corrected chi connectivity index (χ2v) is 10.1. The van der Waals surface area contributed by atoms with Crippen LogP contribution in [-0.4, -0.2) is 77.7 Å². The average molecular weight is 474 g/mol. The van der Waals surface area contributed by atoms with Gasteiger partial charge in [0.2, 0.25) is 5.91 Å². The average Bonchev–Trinajstić information content (AvgIpc) is 3.55. The molecule has 170 valence electrons. The van der Waals surface area contributed by atoms with E-state index >= 15 is 0 Å². The molecule has 0 unspecified atom stereocenters. The van der Waals surface area contributed by atoms with Crippen molar-refractivity contribution < 1.29 is 9.53 Å². The lowest BCUT2D eigenvalue weighted by Crippen LogP contribution is -2.49. The highest BCUT2D eigenvalue weighted by molar-refractivity contribution is 7.18. The van der Waals surface area contributed by atoms with Crippen molar-refractivity contribution >= 4 is 38.8 Å². The number of nitrogens with zero attached hydrogens (tertiary/aromatic N) is 3. The topological polar surface area (TPSA) is 90.6 Å². The zero-order valence-corrected chi connectivity index (χ0v) is 19.5. The van der Waals surface area contributed by atoms with Crippen LogP contribution >= 0.6 is 22.7 Å². The van der Waals surface area contributed by atoms with Gasteiger partial charge in [0.1, 0.15) is 10.7 Å². The molecular weight excluding hydrogens is 446 g/mol. The molecule has 32 heavy (non-hydrogen) atoms. The molecule has 2 N–H and O–H groups in total. The van der Waals surface area contributed by atoms with Gasteiger partial charge in [0.15, 0.2) is 0 Å². The Morgan fingerprint density at radius 3 is 2.84 bits per heavy atom. The molecule has 3 aromatic heterocycles. The monoisotopic (exact) mass is 473 g/mol. The Balaban J connectivity index is 1.14. The first-order valence-electron chi connectivity index (χ1n) is 11.0. The minimum Gasteiger partial charge on any atom is -0.376 e. The Hall–Kier alpha value is -2.11. The molecule has 2 aliphatic heterocycles. The van der Waals surface area contributed by atoms with E-state index in [0.717, 1.165) is 60.9 Å². The summed E-state index contributed by atoms with van der Waals surface area (Å²) in [5.41, 5.74) is 0.892. The third-order valence-corrected chi connectivity index (χ3v) is 7.81. The van der Waals surface area contributed by atoms with Crippen molar-refractivity contribution in [3.05, 3.63) is 39.1 Å². The summed E-state index contributed by atoms with van der Waals surface area (Å²) in [6.45, 7) is 5.76. The SMILES string of the molecule is O=C(CN1CCN(Cc2nc3scc(-c4cccs4)c3c(=O)[nH]2)CC1)NC[C@H]1CCCO1. The van der Waals surface area contributed by atoms with Crippen LogP contribution in [0.3, 0.4) is 0 Å². The Labute approximate surface area is 194 Å². The zero-order valence-electron chi connectivity index (χ0n) is 17.8. The van der Waals surface area contributed by atoms with Crippen LogP contribution in [0.25, 0.3) is 20.7 Å². The van der Waals surface area contributed by atoms with Crippen molar-refractivity contribution in [3.8, 4) is 10.4 Å². The van der Waals surface area contributed by atoms with Crippen LogP contribution in [0.5, 0.6) is 0 Å². The summed E-state index contributed by atoms with van der Waals surface area (Å²) >= 11 is 3.15. The maximum absolute atomic E-state index is 12.8. The predicted octanol–water partition coefficient (Wildman–Crippen LogP) is 2.13. The molecule has 3 aromatic rings. The second kappa shape index (κ2) is 9.80. The first-order valence-corrected chi connectivity index (χ1v) is 12.8. The van der Waals surface area contributed by atoms with Gasteiger partial charge in [-0.3, -0.25) is 19.4 Å². The van der Waals surface area contributed by atoms with Gasteiger partial charge in [-0.25, -0.2) is 4.98 Å². The first-order chi connectivity index (χ1) is 15.7. The van der Waals surface area contributed by atoms with Gasteiger partial charge in [-0.1, -0.05) is 6.07 Å². The number of aromatic amines is 1. The van der Waals surface area contributed by atoms with Crippen LogP contribution in [0.4, 0.5) is 0 Å². The third kappa shape index (κ3) is 4.94. The molecule has 1 amide bonds. The number of piperazine rings is 1. The van der Waals surface area contributed by atoms with E-state index in [1.807, 2.05) is 22.9 Å². The Bertz CT molecular complexity index is 1110. The first kappa shape index (κ1) is 21.7. The van der Waals surface area contributed by atoms with E-state index in [2.05, 4.69) is 20.1 Å². The maximum atomic E-state index is 12.8. The highest BCUT2D eigenvalue weighted by atomic mass is 32.1. The van der Waals surface area contributed by atoms with E-state index in [1.54, 1.807) is 11.3 Å². The molecule has 2 saturated heterocycles. The number of fused-ring (bicyclic) bond motifs is 1. The van der Waals surface area contributed by atoms with Crippen LogP contribution in [-0.2, 0) is 16.1 Å². The summed E-state index contributed by atoms with van der Waals surface area (Å²) in [7, 11) is 0.